The minimum Gasteiger partial charge on any atom is -0.347 e. The second-order valence-electron chi connectivity index (χ2n) is 4.79. The van der Waals surface area contributed by atoms with Crippen molar-refractivity contribution in [2.75, 3.05) is 37.7 Å². The van der Waals surface area contributed by atoms with E-state index in [1.54, 1.807) is 0 Å². The first kappa shape index (κ1) is 13.7. The molecular weight excluding hydrogens is 250 g/mol. The highest BCUT2D eigenvalue weighted by molar-refractivity contribution is 7.99. The van der Waals surface area contributed by atoms with Gasteiger partial charge in [-0.3, -0.25) is 9.59 Å². The molecule has 2 rings (SSSR count). The molecule has 0 aromatic heterocycles. The maximum absolute atomic E-state index is 11.7. The number of nitrogens with zero attached hydrogens (tertiary/aromatic N) is 1. The fourth-order valence-corrected chi connectivity index (χ4v) is 3.25. The molecule has 18 heavy (non-hydrogen) atoms. The lowest BCUT2D eigenvalue weighted by atomic mass is 10.2. The molecule has 0 aromatic rings. The number of carbonyl (C=O) groups excluding carboxylic acids is 2. The Kier molecular flexibility index (Phi) is 5.31. The minimum absolute atomic E-state index is 0.0254. The Hall–Kier alpha value is -0.750. The molecule has 2 aliphatic rings. The van der Waals surface area contributed by atoms with Crippen molar-refractivity contribution >= 4 is 23.6 Å². The first-order chi connectivity index (χ1) is 8.75. The van der Waals surface area contributed by atoms with Gasteiger partial charge in [0.05, 0.1) is 6.54 Å². The lowest BCUT2D eigenvalue weighted by molar-refractivity contribution is -0.132. The highest BCUT2D eigenvalue weighted by Crippen LogP contribution is 2.10. The average Bonchev–Trinajstić information content (AvgIpc) is 2.91. The summed E-state index contributed by atoms with van der Waals surface area (Å²) in [6.45, 7) is 2.80. The second kappa shape index (κ2) is 6.99. The molecule has 2 heterocycles. The van der Waals surface area contributed by atoms with Crippen LogP contribution >= 0.6 is 11.8 Å². The number of hydrogen-bond acceptors (Lipinski definition) is 4. The molecule has 0 spiro atoms. The molecule has 0 bridgehead atoms. The smallest absolute Gasteiger partial charge is 0.241 e. The van der Waals surface area contributed by atoms with Crippen molar-refractivity contribution in [1.29, 1.82) is 0 Å². The lowest BCUT2D eigenvalue weighted by Crippen LogP contribution is -2.43. The summed E-state index contributed by atoms with van der Waals surface area (Å²) in [6, 6.07) is 0.255. The van der Waals surface area contributed by atoms with Gasteiger partial charge in [-0.1, -0.05) is 0 Å². The van der Waals surface area contributed by atoms with Gasteiger partial charge in [0, 0.05) is 43.6 Å². The highest BCUT2D eigenvalue weighted by atomic mass is 32.2. The zero-order chi connectivity index (χ0) is 12.8. The molecule has 0 aromatic carbocycles. The first-order valence-electron chi connectivity index (χ1n) is 6.61. The van der Waals surface area contributed by atoms with E-state index in [-0.39, 0.29) is 24.4 Å². The Balaban J connectivity index is 1.63. The third kappa shape index (κ3) is 4.17. The second-order valence-corrected chi connectivity index (χ2v) is 5.94. The molecule has 2 N–H and O–H groups in total. The molecule has 2 fully saturated rings. The summed E-state index contributed by atoms with van der Waals surface area (Å²) in [4.78, 5) is 25.3. The third-order valence-electron chi connectivity index (χ3n) is 3.33. The Morgan fingerprint density at radius 3 is 2.78 bits per heavy atom. The van der Waals surface area contributed by atoms with Crippen LogP contribution in [-0.2, 0) is 9.59 Å². The van der Waals surface area contributed by atoms with Gasteiger partial charge in [-0.2, -0.15) is 11.8 Å². The molecule has 6 heteroatoms. The molecule has 1 unspecified atom stereocenters. The van der Waals surface area contributed by atoms with Crippen LogP contribution in [0, 0.1) is 0 Å². The number of thioether (sulfide) groups is 1. The van der Waals surface area contributed by atoms with E-state index >= 15 is 0 Å². The summed E-state index contributed by atoms with van der Waals surface area (Å²) in [6.07, 6.45) is 2.64. The predicted octanol–water partition coefficient (Wildman–Crippen LogP) is -0.180. The Morgan fingerprint density at radius 1 is 1.33 bits per heavy atom. The normalized spacial score (nSPS) is 24.0. The maximum Gasteiger partial charge on any atom is 0.241 e. The number of rotatable bonds is 4. The number of amides is 2. The van der Waals surface area contributed by atoms with Crippen LogP contribution in [0.5, 0.6) is 0 Å². The van der Waals surface area contributed by atoms with Gasteiger partial charge in [-0.25, -0.2) is 0 Å². The van der Waals surface area contributed by atoms with Crippen LogP contribution in [0.3, 0.4) is 0 Å². The first-order valence-corrected chi connectivity index (χ1v) is 7.77. The van der Waals surface area contributed by atoms with Crippen molar-refractivity contribution in [3.63, 3.8) is 0 Å². The van der Waals surface area contributed by atoms with Crippen molar-refractivity contribution in [3.8, 4) is 0 Å². The van der Waals surface area contributed by atoms with E-state index in [9.17, 15) is 9.59 Å². The summed E-state index contributed by atoms with van der Waals surface area (Å²) in [5, 5.41) is 6.04. The molecule has 0 saturated carbocycles. The van der Waals surface area contributed by atoms with E-state index in [0.717, 1.165) is 44.0 Å². The van der Waals surface area contributed by atoms with Crippen molar-refractivity contribution in [3.05, 3.63) is 0 Å². The Morgan fingerprint density at radius 2 is 2.11 bits per heavy atom. The molecule has 5 nitrogen and oxygen atoms in total. The maximum atomic E-state index is 11.7. The summed E-state index contributed by atoms with van der Waals surface area (Å²) in [5.74, 6) is 2.12. The number of hydrogen-bond donors (Lipinski definition) is 2. The van der Waals surface area contributed by atoms with E-state index in [1.807, 2.05) is 16.7 Å². The van der Waals surface area contributed by atoms with Gasteiger partial charge in [-0.05, 0) is 12.8 Å². The Bertz CT molecular complexity index is 300. The molecule has 0 radical (unpaired) electrons. The van der Waals surface area contributed by atoms with E-state index in [2.05, 4.69) is 10.6 Å². The van der Waals surface area contributed by atoms with Gasteiger partial charge in [0.25, 0.3) is 0 Å². The molecule has 1 atom stereocenters. The van der Waals surface area contributed by atoms with E-state index < -0.39 is 0 Å². The van der Waals surface area contributed by atoms with Crippen LogP contribution < -0.4 is 10.6 Å². The van der Waals surface area contributed by atoms with Crippen LogP contribution in [0.25, 0.3) is 0 Å². The molecular formula is C12H21N3O2S. The summed E-state index contributed by atoms with van der Waals surface area (Å²) < 4.78 is 0. The van der Waals surface area contributed by atoms with E-state index in [0.29, 0.717) is 6.42 Å². The third-order valence-corrected chi connectivity index (χ3v) is 4.46. The fraction of sp³-hybridized carbons (Fsp3) is 0.833. The number of likely N-dealkylation sites (tertiary alicyclic amines) is 1. The standard InChI is InChI=1S/C12H21N3O2S/c16-11(7-10-9-18-6-3-13-10)14-8-12(17)15-4-1-2-5-15/h10,13H,1-9H2,(H,14,16). The highest BCUT2D eigenvalue weighted by Gasteiger charge is 2.20. The van der Waals surface area contributed by atoms with E-state index in [1.165, 1.54) is 0 Å². The lowest BCUT2D eigenvalue weighted by Gasteiger charge is -2.22. The molecule has 102 valence electrons. The summed E-state index contributed by atoms with van der Waals surface area (Å²) in [5.41, 5.74) is 0. The van der Waals surface area contributed by atoms with Gasteiger partial charge in [0.1, 0.15) is 0 Å². The predicted molar refractivity (Wildman–Crippen MR) is 72.6 cm³/mol. The van der Waals surface area contributed by atoms with Crippen molar-refractivity contribution in [1.82, 2.24) is 15.5 Å². The van der Waals surface area contributed by atoms with Gasteiger partial charge in [0.2, 0.25) is 11.8 Å². The van der Waals surface area contributed by atoms with E-state index in [4.69, 9.17) is 0 Å². The van der Waals surface area contributed by atoms with Crippen LogP contribution in [0.1, 0.15) is 19.3 Å². The monoisotopic (exact) mass is 271 g/mol. The van der Waals surface area contributed by atoms with Crippen LogP contribution in [-0.4, -0.2) is 60.4 Å². The van der Waals surface area contributed by atoms with Crippen molar-refractivity contribution in [2.45, 2.75) is 25.3 Å². The van der Waals surface area contributed by atoms with Gasteiger partial charge < -0.3 is 15.5 Å². The largest absolute Gasteiger partial charge is 0.347 e. The molecule has 2 amide bonds. The SMILES string of the molecule is O=C(CC1CSCCN1)NCC(=O)N1CCCC1. The molecule has 2 saturated heterocycles. The Labute approximate surface area is 112 Å². The fourth-order valence-electron chi connectivity index (χ4n) is 2.30. The summed E-state index contributed by atoms with van der Waals surface area (Å²) in [7, 11) is 0. The summed E-state index contributed by atoms with van der Waals surface area (Å²) >= 11 is 1.87. The zero-order valence-electron chi connectivity index (χ0n) is 10.6. The van der Waals surface area contributed by atoms with Crippen LogP contribution in [0.15, 0.2) is 0 Å². The molecule has 2 aliphatic heterocycles. The van der Waals surface area contributed by atoms with Gasteiger partial charge >= 0.3 is 0 Å². The van der Waals surface area contributed by atoms with Gasteiger partial charge in [0.15, 0.2) is 0 Å². The van der Waals surface area contributed by atoms with Crippen LogP contribution in [0.2, 0.25) is 0 Å². The molecule has 0 aliphatic carbocycles. The van der Waals surface area contributed by atoms with Crippen molar-refractivity contribution in [2.24, 2.45) is 0 Å². The zero-order valence-corrected chi connectivity index (χ0v) is 11.4. The van der Waals surface area contributed by atoms with Crippen LogP contribution in [0.4, 0.5) is 0 Å². The number of nitrogens with one attached hydrogen (secondary N) is 2. The average molecular weight is 271 g/mol. The number of carbonyl (C=O) groups is 2. The van der Waals surface area contributed by atoms with Gasteiger partial charge in [-0.15, -0.1) is 0 Å². The quantitative estimate of drug-likeness (QED) is 0.745. The minimum atomic E-state index is -0.0254. The van der Waals surface area contributed by atoms with Crippen molar-refractivity contribution < 1.29 is 9.59 Å². The topological polar surface area (TPSA) is 61.4 Å².